The minimum Gasteiger partial charge on any atom is -0.341 e. The Kier molecular flexibility index (Phi) is 8.70. The SMILES string of the molecule is CNCCCC(=O)N(C)Cc1cn(-c2ccccc2)nc1-c1ccc(Cl)cc1.Cl. The summed E-state index contributed by atoms with van der Waals surface area (Å²) in [5.74, 6) is 0.129. The first-order chi connectivity index (χ1) is 13.6. The third kappa shape index (κ3) is 6.07. The van der Waals surface area contributed by atoms with E-state index in [0.717, 1.165) is 35.5 Å². The quantitative estimate of drug-likeness (QED) is 0.530. The van der Waals surface area contributed by atoms with Crippen LogP contribution in [0.2, 0.25) is 5.02 Å². The molecule has 0 unspecified atom stereocenters. The van der Waals surface area contributed by atoms with E-state index in [4.69, 9.17) is 16.7 Å². The van der Waals surface area contributed by atoms with Crippen molar-refractivity contribution in [1.82, 2.24) is 20.0 Å². The van der Waals surface area contributed by atoms with Gasteiger partial charge in [-0.25, -0.2) is 4.68 Å². The second-order valence-electron chi connectivity index (χ2n) is 6.75. The summed E-state index contributed by atoms with van der Waals surface area (Å²) in [6, 6.07) is 17.6. The Morgan fingerprint density at radius 1 is 1.14 bits per heavy atom. The average molecular weight is 433 g/mol. The number of nitrogens with one attached hydrogen (secondary N) is 1. The number of halogens is 2. The molecule has 5 nitrogen and oxygen atoms in total. The van der Waals surface area contributed by atoms with Crippen LogP contribution >= 0.6 is 24.0 Å². The number of carbonyl (C=O) groups excluding carboxylic acids is 1. The zero-order chi connectivity index (χ0) is 19.9. The second-order valence-corrected chi connectivity index (χ2v) is 7.18. The highest BCUT2D eigenvalue weighted by atomic mass is 35.5. The first-order valence-electron chi connectivity index (χ1n) is 9.37. The van der Waals surface area contributed by atoms with Crippen molar-refractivity contribution in [3.63, 3.8) is 0 Å². The Morgan fingerprint density at radius 2 is 1.83 bits per heavy atom. The standard InChI is InChI=1S/C22H25ClN4O.ClH/c1-24-14-6-9-21(28)26(2)15-18-16-27(20-7-4-3-5-8-20)25-22(18)17-10-12-19(23)13-11-17;/h3-5,7-8,10-13,16,24H,6,9,14-15H2,1-2H3;1H. The first kappa shape index (κ1) is 22.9. The molecule has 1 aromatic heterocycles. The predicted octanol–water partition coefficient (Wildman–Crippen LogP) is 4.57. The van der Waals surface area contributed by atoms with E-state index >= 15 is 0 Å². The lowest BCUT2D eigenvalue weighted by Gasteiger charge is -2.17. The Labute approximate surface area is 183 Å². The van der Waals surface area contributed by atoms with Gasteiger partial charge in [-0.15, -0.1) is 12.4 Å². The van der Waals surface area contributed by atoms with Crippen molar-refractivity contribution in [2.45, 2.75) is 19.4 Å². The fourth-order valence-corrected chi connectivity index (χ4v) is 3.17. The van der Waals surface area contributed by atoms with Crippen molar-refractivity contribution < 1.29 is 4.79 Å². The zero-order valence-electron chi connectivity index (χ0n) is 16.6. The molecule has 0 atom stereocenters. The molecule has 0 radical (unpaired) electrons. The van der Waals surface area contributed by atoms with Gasteiger partial charge in [-0.3, -0.25) is 4.79 Å². The first-order valence-corrected chi connectivity index (χ1v) is 9.74. The van der Waals surface area contributed by atoms with Crippen molar-refractivity contribution in [2.75, 3.05) is 20.6 Å². The molecule has 7 heteroatoms. The van der Waals surface area contributed by atoms with Gasteiger partial charge in [0.2, 0.25) is 5.91 Å². The molecule has 0 bridgehead atoms. The molecule has 3 aromatic rings. The monoisotopic (exact) mass is 432 g/mol. The summed E-state index contributed by atoms with van der Waals surface area (Å²) in [4.78, 5) is 14.2. The zero-order valence-corrected chi connectivity index (χ0v) is 18.2. The van der Waals surface area contributed by atoms with Crippen LogP contribution in [0.3, 0.4) is 0 Å². The van der Waals surface area contributed by atoms with Gasteiger partial charge in [0.25, 0.3) is 0 Å². The van der Waals surface area contributed by atoms with Crippen molar-refractivity contribution in [3.8, 4) is 16.9 Å². The minimum atomic E-state index is 0. The number of para-hydroxylation sites is 1. The molecule has 0 saturated carbocycles. The summed E-state index contributed by atoms with van der Waals surface area (Å²) in [5, 5.41) is 8.55. The van der Waals surface area contributed by atoms with Crippen molar-refractivity contribution in [2.24, 2.45) is 0 Å². The Balaban J connectivity index is 0.00000300. The summed E-state index contributed by atoms with van der Waals surface area (Å²) in [7, 11) is 3.73. The molecule has 0 aliphatic carbocycles. The molecule has 0 aliphatic heterocycles. The molecule has 0 aliphatic rings. The summed E-state index contributed by atoms with van der Waals surface area (Å²) < 4.78 is 1.86. The van der Waals surface area contributed by atoms with Crippen LogP contribution < -0.4 is 5.32 Å². The van der Waals surface area contributed by atoms with Crippen molar-refractivity contribution >= 4 is 29.9 Å². The van der Waals surface area contributed by atoms with Gasteiger partial charge >= 0.3 is 0 Å². The predicted molar refractivity (Wildman–Crippen MR) is 121 cm³/mol. The van der Waals surface area contributed by atoms with E-state index in [1.165, 1.54) is 0 Å². The lowest BCUT2D eigenvalue weighted by molar-refractivity contribution is -0.130. The van der Waals surface area contributed by atoms with Crippen molar-refractivity contribution in [1.29, 1.82) is 0 Å². The van der Waals surface area contributed by atoms with Gasteiger partial charge in [0, 0.05) is 42.4 Å². The largest absolute Gasteiger partial charge is 0.341 e. The maximum absolute atomic E-state index is 12.4. The Morgan fingerprint density at radius 3 is 2.48 bits per heavy atom. The van der Waals surface area contributed by atoms with Crippen molar-refractivity contribution in [3.05, 3.63) is 71.4 Å². The molecule has 3 rings (SSSR count). The van der Waals surface area contributed by atoms with Crippen LogP contribution in [-0.2, 0) is 11.3 Å². The molecule has 154 valence electrons. The summed E-state index contributed by atoms with van der Waals surface area (Å²) in [6.07, 6.45) is 3.35. The maximum atomic E-state index is 12.4. The van der Waals surface area contributed by atoms with E-state index in [1.54, 1.807) is 4.90 Å². The van der Waals surface area contributed by atoms with Crippen LogP contribution in [0.1, 0.15) is 18.4 Å². The van der Waals surface area contributed by atoms with E-state index in [2.05, 4.69) is 5.32 Å². The molecular formula is C22H26Cl2N4O. The fourth-order valence-electron chi connectivity index (χ4n) is 3.04. The highest BCUT2D eigenvalue weighted by Crippen LogP contribution is 2.26. The number of amides is 1. The Bertz CT molecular complexity index is 910. The molecule has 1 heterocycles. The summed E-state index contributed by atoms with van der Waals surface area (Å²) >= 11 is 6.04. The van der Waals surface area contributed by atoms with E-state index in [0.29, 0.717) is 18.0 Å². The highest BCUT2D eigenvalue weighted by molar-refractivity contribution is 6.30. The van der Waals surface area contributed by atoms with Gasteiger partial charge in [-0.1, -0.05) is 41.9 Å². The normalized spacial score (nSPS) is 10.4. The highest BCUT2D eigenvalue weighted by Gasteiger charge is 2.16. The van der Waals surface area contributed by atoms with E-state index in [1.807, 2.05) is 79.6 Å². The van der Waals surface area contributed by atoms with E-state index < -0.39 is 0 Å². The van der Waals surface area contributed by atoms with Gasteiger partial charge < -0.3 is 10.2 Å². The van der Waals surface area contributed by atoms with Crippen LogP contribution in [0.4, 0.5) is 0 Å². The number of aromatic nitrogens is 2. The van der Waals surface area contributed by atoms with Crippen LogP contribution in [0.25, 0.3) is 16.9 Å². The number of nitrogens with zero attached hydrogens (tertiary/aromatic N) is 3. The summed E-state index contributed by atoms with van der Waals surface area (Å²) in [5.41, 5.74) is 3.81. The number of benzene rings is 2. The summed E-state index contributed by atoms with van der Waals surface area (Å²) in [6.45, 7) is 1.34. The van der Waals surface area contributed by atoms with Gasteiger partial charge in [0.1, 0.15) is 0 Å². The van der Waals surface area contributed by atoms with E-state index in [-0.39, 0.29) is 18.3 Å². The van der Waals surface area contributed by atoms with Crippen LogP contribution in [0.5, 0.6) is 0 Å². The number of carbonyl (C=O) groups is 1. The van der Waals surface area contributed by atoms with Crippen LogP contribution in [-0.4, -0.2) is 41.2 Å². The van der Waals surface area contributed by atoms with Crippen LogP contribution in [0, 0.1) is 0 Å². The molecule has 29 heavy (non-hydrogen) atoms. The number of rotatable bonds is 8. The molecule has 1 N–H and O–H groups in total. The van der Waals surface area contributed by atoms with Gasteiger partial charge in [0.05, 0.1) is 11.4 Å². The molecule has 0 fully saturated rings. The smallest absolute Gasteiger partial charge is 0.222 e. The molecule has 0 saturated heterocycles. The molecule has 2 aromatic carbocycles. The number of hydrogen-bond acceptors (Lipinski definition) is 3. The fraction of sp³-hybridized carbons (Fsp3) is 0.273. The average Bonchev–Trinajstić information content (AvgIpc) is 3.13. The van der Waals surface area contributed by atoms with Gasteiger partial charge in [-0.2, -0.15) is 5.10 Å². The van der Waals surface area contributed by atoms with Crippen LogP contribution in [0.15, 0.2) is 60.8 Å². The van der Waals surface area contributed by atoms with Gasteiger partial charge in [-0.05, 0) is 44.3 Å². The number of hydrogen-bond donors (Lipinski definition) is 1. The molecule has 1 amide bonds. The Hall–Kier alpha value is -2.34. The molecule has 0 spiro atoms. The lowest BCUT2D eigenvalue weighted by Crippen LogP contribution is -2.26. The van der Waals surface area contributed by atoms with Gasteiger partial charge in [0.15, 0.2) is 0 Å². The third-order valence-corrected chi connectivity index (χ3v) is 4.83. The topological polar surface area (TPSA) is 50.2 Å². The van der Waals surface area contributed by atoms with E-state index in [9.17, 15) is 4.79 Å². The second kappa shape index (κ2) is 11.0. The third-order valence-electron chi connectivity index (χ3n) is 4.58. The molecular weight excluding hydrogens is 407 g/mol. The minimum absolute atomic E-state index is 0. The lowest BCUT2D eigenvalue weighted by atomic mass is 10.1. The maximum Gasteiger partial charge on any atom is 0.222 e.